The molecule has 3 rings (SSSR count). The molecule has 0 aromatic heterocycles. The van der Waals surface area contributed by atoms with Crippen LogP contribution in [0.2, 0.25) is 0 Å². The maximum Gasteiger partial charge on any atom is 0.407 e. The third-order valence-electron chi connectivity index (χ3n) is 5.10. The van der Waals surface area contributed by atoms with Gasteiger partial charge in [-0.05, 0) is 39.3 Å². The third-order valence-corrected chi connectivity index (χ3v) is 7.57. The van der Waals surface area contributed by atoms with Gasteiger partial charge in [-0.1, -0.05) is 30.4 Å². The summed E-state index contributed by atoms with van der Waals surface area (Å²) < 4.78 is 35.6. The van der Waals surface area contributed by atoms with Crippen molar-refractivity contribution in [2.75, 3.05) is 6.54 Å². The molecule has 1 aliphatic heterocycles. The standard InChI is InChI=1S/C20H25NO6S/c1-13(12-21-18(23)27-19(2,3)4)16-10-14-11-20(16,17(22)26-14)28(24,25)15-8-6-5-7-9-15/h5-9,14,16H,1,10-12H2,2-4H3,(H,21,23)/t14-,16-,20+/m0/s1. The minimum atomic E-state index is -4.00. The Morgan fingerprint density at radius 1 is 1.32 bits per heavy atom. The maximum absolute atomic E-state index is 13.4. The first kappa shape index (κ1) is 20.4. The molecule has 0 spiro atoms. The van der Waals surface area contributed by atoms with Crippen molar-refractivity contribution in [3.05, 3.63) is 42.5 Å². The number of hydrogen-bond acceptors (Lipinski definition) is 6. The number of sulfone groups is 1. The third kappa shape index (κ3) is 3.41. The smallest absolute Gasteiger partial charge is 0.407 e. The number of hydrogen-bond donors (Lipinski definition) is 1. The number of rotatable bonds is 5. The second-order valence-electron chi connectivity index (χ2n) is 8.24. The molecule has 2 aliphatic rings. The summed E-state index contributed by atoms with van der Waals surface area (Å²) in [5.74, 6) is -1.38. The Bertz CT molecular complexity index is 902. The average Bonchev–Trinajstić information content (AvgIpc) is 3.15. The predicted octanol–water partition coefficient (Wildman–Crippen LogP) is 2.62. The SMILES string of the molecule is C=C(CNC(=O)OC(C)(C)C)[C@@H]1C[C@H]2C[C@]1(S(=O)(=O)c1ccccc1)C(=O)O2. The molecule has 1 aliphatic carbocycles. The lowest BCUT2D eigenvalue weighted by molar-refractivity contribution is -0.148. The van der Waals surface area contributed by atoms with E-state index in [1.807, 2.05) is 0 Å². The normalized spacial score (nSPS) is 26.6. The molecule has 0 radical (unpaired) electrons. The van der Waals surface area contributed by atoms with Crippen LogP contribution in [0.3, 0.4) is 0 Å². The maximum atomic E-state index is 13.4. The van der Waals surface area contributed by atoms with Crippen LogP contribution in [0.4, 0.5) is 4.79 Å². The summed E-state index contributed by atoms with van der Waals surface area (Å²) in [5, 5.41) is 2.59. The van der Waals surface area contributed by atoms with Gasteiger partial charge in [0.1, 0.15) is 11.7 Å². The number of carbonyl (C=O) groups is 2. The fourth-order valence-electron chi connectivity index (χ4n) is 3.92. The highest BCUT2D eigenvalue weighted by Gasteiger charge is 2.68. The Balaban J connectivity index is 1.84. The van der Waals surface area contributed by atoms with Gasteiger partial charge in [-0.15, -0.1) is 0 Å². The number of nitrogens with one attached hydrogen (secondary N) is 1. The largest absolute Gasteiger partial charge is 0.461 e. The number of ether oxygens (including phenoxy) is 2. The summed E-state index contributed by atoms with van der Waals surface area (Å²) in [6.45, 7) is 9.22. The monoisotopic (exact) mass is 407 g/mol. The molecule has 1 saturated carbocycles. The van der Waals surface area contributed by atoms with Crippen LogP contribution in [0.1, 0.15) is 33.6 Å². The van der Waals surface area contributed by atoms with E-state index in [1.165, 1.54) is 12.1 Å². The van der Waals surface area contributed by atoms with Crippen LogP contribution >= 0.6 is 0 Å². The van der Waals surface area contributed by atoms with E-state index >= 15 is 0 Å². The van der Waals surface area contributed by atoms with Gasteiger partial charge >= 0.3 is 12.1 Å². The molecule has 2 bridgehead atoms. The van der Waals surface area contributed by atoms with Crippen LogP contribution in [0.15, 0.2) is 47.4 Å². The number of amides is 1. The van der Waals surface area contributed by atoms with Gasteiger partial charge in [0.2, 0.25) is 0 Å². The molecule has 8 heteroatoms. The highest BCUT2D eigenvalue weighted by atomic mass is 32.2. The molecule has 28 heavy (non-hydrogen) atoms. The number of esters is 1. The molecule has 1 aromatic rings. The van der Waals surface area contributed by atoms with Crippen molar-refractivity contribution >= 4 is 21.9 Å². The number of alkyl carbamates (subject to hydrolysis) is 1. The quantitative estimate of drug-likeness (QED) is 0.595. The second kappa shape index (κ2) is 6.92. The molecule has 1 saturated heterocycles. The van der Waals surface area contributed by atoms with Crippen LogP contribution in [-0.4, -0.2) is 43.5 Å². The fourth-order valence-corrected chi connectivity index (χ4v) is 6.17. The van der Waals surface area contributed by atoms with Crippen LogP contribution in [0.5, 0.6) is 0 Å². The van der Waals surface area contributed by atoms with Crippen LogP contribution in [-0.2, 0) is 24.1 Å². The molecule has 7 nitrogen and oxygen atoms in total. The Morgan fingerprint density at radius 3 is 2.54 bits per heavy atom. The van der Waals surface area contributed by atoms with Crippen molar-refractivity contribution in [2.45, 2.75) is 55.0 Å². The minimum Gasteiger partial charge on any atom is -0.461 e. The van der Waals surface area contributed by atoms with Crippen molar-refractivity contribution < 1.29 is 27.5 Å². The molecular formula is C20H25NO6S. The lowest BCUT2D eigenvalue weighted by Gasteiger charge is -2.33. The number of benzene rings is 1. The topological polar surface area (TPSA) is 98.8 Å². The van der Waals surface area contributed by atoms with E-state index in [4.69, 9.17) is 9.47 Å². The van der Waals surface area contributed by atoms with E-state index in [-0.39, 0.29) is 17.9 Å². The van der Waals surface area contributed by atoms with E-state index in [2.05, 4.69) is 11.9 Å². The first-order valence-electron chi connectivity index (χ1n) is 9.12. The van der Waals surface area contributed by atoms with Crippen LogP contribution in [0.25, 0.3) is 0 Å². The first-order valence-corrected chi connectivity index (χ1v) is 10.6. The molecular weight excluding hydrogens is 382 g/mol. The van der Waals surface area contributed by atoms with Crippen molar-refractivity contribution in [1.82, 2.24) is 5.32 Å². The highest BCUT2D eigenvalue weighted by molar-refractivity contribution is 7.93. The second-order valence-corrected chi connectivity index (χ2v) is 10.4. The molecule has 152 valence electrons. The summed E-state index contributed by atoms with van der Waals surface area (Å²) in [4.78, 5) is 24.7. The first-order chi connectivity index (χ1) is 13.0. The number of fused-ring (bicyclic) bond motifs is 2. The molecule has 1 aromatic carbocycles. The van der Waals surface area contributed by atoms with Crippen molar-refractivity contribution in [3.8, 4) is 0 Å². The summed E-state index contributed by atoms with van der Waals surface area (Å²) in [7, 11) is -4.00. The molecule has 1 heterocycles. The molecule has 1 N–H and O–H groups in total. The predicted molar refractivity (Wildman–Crippen MR) is 102 cm³/mol. The van der Waals surface area contributed by atoms with E-state index in [9.17, 15) is 18.0 Å². The van der Waals surface area contributed by atoms with Crippen molar-refractivity contribution in [3.63, 3.8) is 0 Å². The van der Waals surface area contributed by atoms with Gasteiger partial charge in [0.05, 0.1) is 4.90 Å². The Hall–Kier alpha value is -2.35. The van der Waals surface area contributed by atoms with Gasteiger partial charge in [-0.3, -0.25) is 4.79 Å². The van der Waals surface area contributed by atoms with Crippen molar-refractivity contribution in [2.24, 2.45) is 5.92 Å². The zero-order valence-electron chi connectivity index (χ0n) is 16.2. The molecule has 2 fully saturated rings. The summed E-state index contributed by atoms with van der Waals surface area (Å²) in [6, 6.07) is 7.89. The zero-order valence-corrected chi connectivity index (χ0v) is 17.0. The van der Waals surface area contributed by atoms with Crippen molar-refractivity contribution in [1.29, 1.82) is 0 Å². The Labute approximate surface area is 165 Å². The van der Waals surface area contributed by atoms with E-state index in [1.54, 1.807) is 39.0 Å². The van der Waals surface area contributed by atoms with Gasteiger partial charge in [0, 0.05) is 18.9 Å². The molecule has 1 amide bonds. The molecule has 3 atom stereocenters. The zero-order chi connectivity index (χ0) is 20.7. The van der Waals surface area contributed by atoms with Gasteiger partial charge < -0.3 is 14.8 Å². The van der Waals surface area contributed by atoms with E-state index < -0.39 is 44.3 Å². The highest BCUT2D eigenvalue weighted by Crippen LogP contribution is 2.53. The fraction of sp³-hybridized carbons (Fsp3) is 0.500. The molecule has 0 unspecified atom stereocenters. The van der Waals surface area contributed by atoms with E-state index in [0.29, 0.717) is 12.0 Å². The van der Waals surface area contributed by atoms with Crippen LogP contribution < -0.4 is 5.32 Å². The Morgan fingerprint density at radius 2 is 1.96 bits per heavy atom. The summed E-state index contributed by atoms with van der Waals surface area (Å²) in [5.41, 5.74) is -0.191. The summed E-state index contributed by atoms with van der Waals surface area (Å²) >= 11 is 0. The number of carbonyl (C=O) groups excluding carboxylic acids is 2. The Kier molecular flexibility index (Phi) is 5.04. The van der Waals surface area contributed by atoms with E-state index in [0.717, 1.165) is 0 Å². The lowest BCUT2D eigenvalue weighted by atomic mass is 9.88. The van der Waals surface area contributed by atoms with Gasteiger partial charge in [-0.25, -0.2) is 13.2 Å². The van der Waals surface area contributed by atoms with Gasteiger partial charge in [0.15, 0.2) is 14.6 Å². The average molecular weight is 407 g/mol. The lowest BCUT2D eigenvalue weighted by Crippen LogP contribution is -2.50. The van der Waals surface area contributed by atoms with Crippen LogP contribution in [0, 0.1) is 5.92 Å². The van der Waals surface area contributed by atoms with Gasteiger partial charge in [0.25, 0.3) is 0 Å². The summed E-state index contributed by atoms with van der Waals surface area (Å²) in [6.07, 6.45) is -0.625. The van der Waals surface area contributed by atoms with Gasteiger partial charge in [-0.2, -0.15) is 0 Å². The minimum absolute atomic E-state index is 0.0195.